The molecule has 0 bridgehead atoms. The lowest BCUT2D eigenvalue weighted by Gasteiger charge is -2.27. The molecule has 1 aromatic carbocycles. The Hall–Kier alpha value is -1.72. The second-order valence-corrected chi connectivity index (χ2v) is 8.36. The lowest BCUT2D eigenvalue weighted by Crippen LogP contribution is -2.18. The van der Waals surface area contributed by atoms with E-state index in [4.69, 9.17) is 4.55 Å². The molecule has 2 unspecified atom stereocenters. The van der Waals surface area contributed by atoms with Crippen molar-refractivity contribution < 1.29 is 8.76 Å². The first kappa shape index (κ1) is 19.1. The van der Waals surface area contributed by atoms with Gasteiger partial charge in [-0.05, 0) is 36.5 Å². The number of hydrogen-bond donors (Lipinski definition) is 2. The fourth-order valence-corrected chi connectivity index (χ4v) is 4.43. The van der Waals surface area contributed by atoms with Crippen molar-refractivity contribution in [3.05, 3.63) is 69.1 Å². The van der Waals surface area contributed by atoms with Crippen molar-refractivity contribution in [1.29, 1.82) is 0 Å². The van der Waals surface area contributed by atoms with E-state index in [0.29, 0.717) is 5.92 Å². The van der Waals surface area contributed by atoms with Crippen LogP contribution in [0.25, 0.3) is 0 Å². The monoisotopic (exact) mass is 373 g/mol. The van der Waals surface area contributed by atoms with Crippen molar-refractivity contribution in [3.8, 4) is 0 Å². The van der Waals surface area contributed by atoms with Crippen molar-refractivity contribution >= 4 is 11.1 Å². The summed E-state index contributed by atoms with van der Waals surface area (Å²) >= 11 is -1.83. The van der Waals surface area contributed by atoms with Gasteiger partial charge in [0.1, 0.15) is 0 Å². The molecule has 5 heteroatoms. The molecule has 1 fully saturated rings. The van der Waals surface area contributed by atoms with Crippen LogP contribution in [0, 0.1) is 12.8 Å². The molecule has 0 amide bonds. The first-order chi connectivity index (χ1) is 12.5. The van der Waals surface area contributed by atoms with Gasteiger partial charge in [-0.25, -0.2) is 4.21 Å². The Morgan fingerprint density at radius 2 is 1.81 bits per heavy atom. The molecule has 4 nitrogen and oxygen atoms in total. The maximum atomic E-state index is 12.1. The van der Waals surface area contributed by atoms with Crippen LogP contribution >= 0.6 is 0 Å². The third-order valence-electron chi connectivity index (χ3n) is 5.47. The Kier molecular flexibility index (Phi) is 6.43. The van der Waals surface area contributed by atoms with Gasteiger partial charge in [0, 0.05) is 17.2 Å². The van der Waals surface area contributed by atoms with Crippen LogP contribution in [0.15, 0.2) is 41.2 Å². The Labute approximate surface area is 157 Å². The van der Waals surface area contributed by atoms with Gasteiger partial charge < -0.3 is 9.54 Å². The van der Waals surface area contributed by atoms with E-state index in [9.17, 15) is 9.00 Å². The fraction of sp³-hybridized carbons (Fsp3) is 0.476. The largest absolute Gasteiger partial charge is 0.325 e. The van der Waals surface area contributed by atoms with Gasteiger partial charge in [0.15, 0.2) is 11.1 Å². The van der Waals surface area contributed by atoms with Gasteiger partial charge in [-0.1, -0.05) is 62.4 Å². The Morgan fingerprint density at radius 3 is 2.42 bits per heavy atom. The van der Waals surface area contributed by atoms with E-state index in [1.54, 1.807) is 0 Å². The molecule has 1 heterocycles. The molecule has 1 aliphatic rings. The number of aromatic amines is 1. The van der Waals surface area contributed by atoms with Gasteiger partial charge in [-0.2, -0.15) is 0 Å². The van der Waals surface area contributed by atoms with Gasteiger partial charge in [-0.3, -0.25) is 4.79 Å². The lowest BCUT2D eigenvalue weighted by atomic mass is 9.79. The second kappa shape index (κ2) is 8.78. The topological polar surface area (TPSA) is 70.2 Å². The van der Waals surface area contributed by atoms with Gasteiger partial charge in [0.2, 0.25) is 0 Å². The number of pyridine rings is 1. The molecule has 2 aromatic rings. The predicted molar refractivity (Wildman–Crippen MR) is 106 cm³/mol. The number of rotatable bonds is 6. The molecule has 0 spiro atoms. The normalized spacial score (nSPS) is 17.8. The summed E-state index contributed by atoms with van der Waals surface area (Å²) in [6, 6.07) is 11.8. The highest BCUT2D eigenvalue weighted by Crippen LogP contribution is 2.36. The summed E-state index contributed by atoms with van der Waals surface area (Å²) in [5.41, 5.74) is 3.67. The number of aromatic nitrogens is 1. The van der Waals surface area contributed by atoms with Crippen LogP contribution in [0.4, 0.5) is 0 Å². The fourth-order valence-electron chi connectivity index (χ4n) is 3.95. The van der Waals surface area contributed by atoms with Crippen molar-refractivity contribution in [3.63, 3.8) is 0 Å². The Bertz CT molecular complexity index is 807. The minimum atomic E-state index is -1.83. The van der Waals surface area contributed by atoms with E-state index in [1.165, 1.54) is 32.1 Å². The average Bonchev–Trinajstić information content (AvgIpc) is 2.63. The molecular formula is C21H27NO3S. The average molecular weight is 374 g/mol. The number of hydrogen-bond acceptors (Lipinski definition) is 2. The summed E-state index contributed by atoms with van der Waals surface area (Å²) in [4.78, 5) is 15.2. The molecule has 1 saturated carbocycles. The first-order valence-electron chi connectivity index (χ1n) is 9.39. The van der Waals surface area contributed by atoms with E-state index < -0.39 is 11.1 Å². The zero-order valence-electron chi connectivity index (χ0n) is 15.2. The van der Waals surface area contributed by atoms with Crippen molar-refractivity contribution in [2.75, 3.05) is 0 Å². The molecule has 26 heavy (non-hydrogen) atoms. The van der Waals surface area contributed by atoms with E-state index in [2.05, 4.69) is 4.98 Å². The number of aryl methyl sites for hydroxylation is 1. The summed E-state index contributed by atoms with van der Waals surface area (Å²) < 4.78 is 20.1. The smallest absolute Gasteiger partial charge is 0.251 e. The van der Waals surface area contributed by atoms with Crippen LogP contribution in [0.5, 0.6) is 0 Å². The highest BCUT2D eigenvalue weighted by Gasteiger charge is 2.22. The van der Waals surface area contributed by atoms with Crippen molar-refractivity contribution in [1.82, 2.24) is 4.98 Å². The molecule has 1 aliphatic carbocycles. The van der Waals surface area contributed by atoms with E-state index in [-0.39, 0.29) is 17.2 Å². The van der Waals surface area contributed by atoms with Crippen LogP contribution in [-0.2, 0) is 16.8 Å². The van der Waals surface area contributed by atoms with E-state index in [1.807, 2.05) is 43.3 Å². The molecule has 1 aromatic heterocycles. The molecule has 0 aliphatic heterocycles. The van der Waals surface area contributed by atoms with Gasteiger partial charge in [0.25, 0.3) is 5.56 Å². The zero-order chi connectivity index (χ0) is 18.5. The predicted octanol–water partition coefficient (Wildman–Crippen LogP) is 4.51. The number of benzene rings is 1. The van der Waals surface area contributed by atoms with Crippen LogP contribution in [0.3, 0.4) is 0 Å². The quantitative estimate of drug-likeness (QED) is 0.732. The Morgan fingerprint density at radius 1 is 1.12 bits per heavy atom. The minimum absolute atomic E-state index is 0.0246. The number of nitrogens with one attached hydrogen (secondary N) is 1. The summed E-state index contributed by atoms with van der Waals surface area (Å²) in [7, 11) is 0. The molecule has 3 rings (SSSR count). The van der Waals surface area contributed by atoms with Crippen LogP contribution < -0.4 is 5.56 Å². The lowest BCUT2D eigenvalue weighted by molar-refractivity contribution is 0.326. The molecule has 0 radical (unpaired) electrons. The number of H-pyrrole nitrogens is 1. The Balaban J connectivity index is 1.89. The zero-order valence-corrected chi connectivity index (χ0v) is 16.1. The molecule has 0 saturated heterocycles. The summed E-state index contributed by atoms with van der Waals surface area (Å²) in [5, 5.41) is 0. The second-order valence-electron chi connectivity index (χ2n) is 7.43. The summed E-state index contributed by atoms with van der Waals surface area (Å²) in [6.07, 6.45) is 7.47. The summed E-state index contributed by atoms with van der Waals surface area (Å²) in [5.74, 6) is 0.984. The minimum Gasteiger partial charge on any atom is -0.325 e. The first-order valence-corrected chi connectivity index (χ1v) is 10.7. The van der Waals surface area contributed by atoms with Crippen molar-refractivity contribution in [2.45, 2.75) is 57.1 Å². The maximum Gasteiger partial charge on any atom is 0.251 e. The third-order valence-corrected chi connectivity index (χ3v) is 6.05. The molecule has 140 valence electrons. The highest BCUT2D eigenvalue weighted by atomic mass is 32.2. The molecule has 2 N–H and O–H groups in total. The SMILES string of the molecule is Cc1ccc(C(CC2CCCCC2)c2ccc(CS(=O)O)cc2)[nH]c1=O. The van der Waals surface area contributed by atoms with Gasteiger partial charge >= 0.3 is 0 Å². The molecular weight excluding hydrogens is 346 g/mol. The molecule has 2 atom stereocenters. The van der Waals surface area contributed by atoms with Crippen molar-refractivity contribution in [2.24, 2.45) is 5.92 Å². The third kappa shape index (κ3) is 4.92. The van der Waals surface area contributed by atoms with E-state index in [0.717, 1.165) is 28.8 Å². The van der Waals surface area contributed by atoms with Gasteiger partial charge in [0.05, 0.1) is 5.75 Å². The van der Waals surface area contributed by atoms with E-state index >= 15 is 0 Å². The van der Waals surface area contributed by atoms with Crippen LogP contribution in [-0.4, -0.2) is 13.7 Å². The van der Waals surface area contributed by atoms with Crippen LogP contribution in [0.1, 0.15) is 66.8 Å². The van der Waals surface area contributed by atoms with Crippen LogP contribution in [0.2, 0.25) is 0 Å². The maximum absolute atomic E-state index is 12.1. The summed E-state index contributed by atoms with van der Waals surface area (Å²) in [6.45, 7) is 1.82. The van der Waals surface area contributed by atoms with Gasteiger partial charge in [-0.15, -0.1) is 0 Å². The highest BCUT2D eigenvalue weighted by molar-refractivity contribution is 7.78. The standard InChI is InChI=1S/C21H27NO3S/c1-15-7-12-20(22-21(15)23)19(13-16-5-3-2-4-6-16)18-10-8-17(9-11-18)14-26(24)25/h7-12,16,19H,2-6,13-14H2,1H3,(H,22,23)(H,24,25).